The Morgan fingerprint density at radius 1 is 1.43 bits per heavy atom. The molecule has 14 heavy (non-hydrogen) atoms. The SMILES string of the molecule is Br.N[C@@H]1C[C@@]12CCc1c(Br)cccc12. The Bertz CT molecular complexity index is 378. The van der Waals surface area contributed by atoms with Gasteiger partial charge >= 0.3 is 0 Å². The Balaban J connectivity index is 0.000000750. The minimum Gasteiger partial charge on any atom is -0.327 e. The van der Waals surface area contributed by atoms with Gasteiger partial charge < -0.3 is 5.73 Å². The predicted octanol–water partition coefficient (Wildman–Crippen LogP) is 2.94. The van der Waals surface area contributed by atoms with Gasteiger partial charge in [-0.1, -0.05) is 28.1 Å². The van der Waals surface area contributed by atoms with E-state index in [1.807, 2.05) is 0 Å². The van der Waals surface area contributed by atoms with Crippen molar-refractivity contribution in [2.75, 3.05) is 0 Å². The van der Waals surface area contributed by atoms with Gasteiger partial charge in [0.25, 0.3) is 0 Å². The molecule has 3 rings (SSSR count). The monoisotopic (exact) mass is 317 g/mol. The summed E-state index contributed by atoms with van der Waals surface area (Å²) in [6.07, 6.45) is 3.65. The van der Waals surface area contributed by atoms with Gasteiger partial charge in [-0.2, -0.15) is 0 Å². The van der Waals surface area contributed by atoms with Crippen LogP contribution in [0.25, 0.3) is 0 Å². The number of hydrogen-bond acceptors (Lipinski definition) is 1. The zero-order valence-corrected chi connectivity index (χ0v) is 11.1. The minimum atomic E-state index is 0. The highest BCUT2D eigenvalue weighted by Gasteiger charge is 2.56. The Hall–Kier alpha value is 0.140. The van der Waals surface area contributed by atoms with Crippen LogP contribution in [0.2, 0.25) is 0 Å². The van der Waals surface area contributed by atoms with E-state index in [1.54, 1.807) is 0 Å². The lowest BCUT2D eigenvalue weighted by Gasteiger charge is -2.09. The third kappa shape index (κ3) is 1.22. The number of fused-ring (bicyclic) bond motifs is 2. The maximum Gasteiger partial charge on any atom is 0.0210 e. The summed E-state index contributed by atoms with van der Waals surface area (Å²) in [5.74, 6) is 0. The van der Waals surface area contributed by atoms with E-state index >= 15 is 0 Å². The molecule has 2 atom stereocenters. The molecule has 0 unspecified atom stereocenters. The maximum atomic E-state index is 6.01. The van der Waals surface area contributed by atoms with Crippen molar-refractivity contribution in [1.29, 1.82) is 0 Å². The highest BCUT2D eigenvalue weighted by molar-refractivity contribution is 9.10. The molecule has 0 bridgehead atoms. The van der Waals surface area contributed by atoms with Gasteiger partial charge in [-0.25, -0.2) is 0 Å². The summed E-state index contributed by atoms with van der Waals surface area (Å²) in [7, 11) is 0. The van der Waals surface area contributed by atoms with Gasteiger partial charge in [0.15, 0.2) is 0 Å². The Morgan fingerprint density at radius 3 is 2.79 bits per heavy atom. The fraction of sp³-hybridized carbons (Fsp3) is 0.455. The van der Waals surface area contributed by atoms with Crippen molar-refractivity contribution in [3.8, 4) is 0 Å². The Labute approximate surface area is 103 Å². The highest BCUT2D eigenvalue weighted by atomic mass is 79.9. The van der Waals surface area contributed by atoms with Crippen molar-refractivity contribution >= 4 is 32.9 Å². The van der Waals surface area contributed by atoms with Gasteiger partial charge in [0.2, 0.25) is 0 Å². The molecule has 1 spiro atoms. The average Bonchev–Trinajstić information content (AvgIpc) is 2.57. The molecule has 3 heteroatoms. The van der Waals surface area contributed by atoms with Crippen molar-refractivity contribution in [3.63, 3.8) is 0 Å². The molecule has 0 aromatic heterocycles. The lowest BCUT2D eigenvalue weighted by molar-refractivity contribution is 0.651. The van der Waals surface area contributed by atoms with Crippen LogP contribution in [0.5, 0.6) is 0 Å². The smallest absolute Gasteiger partial charge is 0.0210 e. The van der Waals surface area contributed by atoms with E-state index in [2.05, 4.69) is 34.1 Å². The lowest BCUT2D eigenvalue weighted by Crippen LogP contribution is -2.14. The first kappa shape index (κ1) is 10.7. The summed E-state index contributed by atoms with van der Waals surface area (Å²) in [6, 6.07) is 6.93. The van der Waals surface area contributed by atoms with Crippen LogP contribution in [-0.2, 0) is 11.8 Å². The lowest BCUT2D eigenvalue weighted by atomic mass is 9.98. The summed E-state index contributed by atoms with van der Waals surface area (Å²) in [5, 5.41) is 0. The van der Waals surface area contributed by atoms with Crippen molar-refractivity contribution in [1.82, 2.24) is 0 Å². The van der Waals surface area contributed by atoms with Crippen molar-refractivity contribution in [2.45, 2.75) is 30.7 Å². The zero-order chi connectivity index (χ0) is 9.05. The topological polar surface area (TPSA) is 26.0 Å². The number of halogens is 2. The number of hydrogen-bond donors (Lipinski definition) is 1. The number of benzene rings is 1. The fourth-order valence-corrected chi connectivity index (χ4v) is 3.26. The highest BCUT2D eigenvalue weighted by Crippen LogP contribution is 2.56. The van der Waals surface area contributed by atoms with Crippen LogP contribution in [0, 0.1) is 0 Å². The molecule has 1 nitrogen and oxygen atoms in total. The van der Waals surface area contributed by atoms with Gasteiger partial charge in [-0.05, 0) is 36.5 Å². The fourth-order valence-electron chi connectivity index (χ4n) is 2.69. The van der Waals surface area contributed by atoms with E-state index in [4.69, 9.17) is 5.73 Å². The quantitative estimate of drug-likeness (QED) is 0.782. The molecule has 76 valence electrons. The third-order valence-corrected chi connectivity index (χ3v) is 4.35. The van der Waals surface area contributed by atoms with E-state index in [9.17, 15) is 0 Å². The van der Waals surface area contributed by atoms with E-state index < -0.39 is 0 Å². The van der Waals surface area contributed by atoms with Crippen LogP contribution in [0.15, 0.2) is 22.7 Å². The summed E-state index contributed by atoms with van der Waals surface area (Å²) in [5.41, 5.74) is 9.39. The Morgan fingerprint density at radius 2 is 2.14 bits per heavy atom. The summed E-state index contributed by atoms with van der Waals surface area (Å²) in [4.78, 5) is 0. The van der Waals surface area contributed by atoms with Crippen molar-refractivity contribution in [2.24, 2.45) is 5.73 Å². The summed E-state index contributed by atoms with van der Waals surface area (Å²) >= 11 is 3.61. The summed E-state index contributed by atoms with van der Waals surface area (Å²) in [6.45, 7) is 0. The van der Waals surface area contributed by atoms with Crippen molar-refractivity contribution in [3.05, 3.63) is 33.8 Å². The number of rotatable bonds is 0. The van der Waals surface area contributed by atoms with Crippen LogP contribution in [-0.4, -0.2) is 6.04 Å². The van der Waals surface area contributed by atoms with Crippen molar-refractivity contribution < 1.29 is 0 Å². The summed E-state index contributed by atoms with van der Waals surface area (Å²) < 4.78 is 1.26. The Kier molecular flexibility index (Phi) is 2.53. The zero-order valence-electron chi connectivity index (χ0n) is 7.79. The van der Waals surface area contributed by atoms with E-state index in [0.717, 1.165) is 0 Å². The first-order valence-electron chi connectivity index (χ1n) is 4.77. The molecule has 0 amide bonds. The van der Waals surface area contributed by atoms with Gasteiger partial charge in [-0.3, -0.25) is 0 Å². The predicted molar refractivity (Wildman–Crippen MR) is 67.1 cm³/mol. The molecule has 0 heterocycles. The molecule has 0 saturated heterocycles. The largest absolute Gasteiger partial charge is 0.327 e. The second kappa shape index (κ2) is 3.32. The second-order valence-corrected chi connectivity index (χ2v) is 5.09. The molecule has 1 aromatic carbocycles. The number of nitrogens with two attached hydrogens (primary N) is 1. The van der Waals surface area contributed by atoms with Gasteiger partial charge in [0.1, 0.15) is 0 Å². The van der Waals surface area contributed by atoms with Crippen LogP contribution in [0.4, 0.5) is 0 Å². The molecule has 2 N–H and O–H groups in total. The first-order chi connectivity index (χ1) is 6.24. The van der Waals surface area contributed by atoms with Crippen LogP contribution >= 0.6 is 32.9 Å². The van der Waals surface area contributed by atoms with Crippen LogP contribution in [0.3, 0.4) is 0 Å². The molecule has 1 fully saturated rings. The van der Waals surface area contributed by atoms with Gasteiger partial charge in [0, 0.05) is 15.9 Å². The minimum absolute atomic E-state index is 0. The van der Waals surface area contributed by atoms with E-state index in [-0.39, 0.29) is 17.0 Å². The van der Waals surface area contributed by atoms with E-state index in [1.165, 1.54) is 34.9 Å². The normalized spacial score (nSPS) is 32.6. The molecule has 1 saturated carbocycles. The average molecular weight is 319 g/mol. The maximum absolute atomic E-state index is 6.01. The van der Waals surface area contributed by atoms with Crippen LogP contribution < -0.4 is 5.73 Å². The van der Waals surface area contributed by atoms with Crippen LogP contribution in [0.1, 0.15) is 24.0 Å². The first-order valence-corrected chi connectivity index (χ1v) is 5.57. The molecule has 0 aliphatic heterocycles. The molecule has 2 aliphatic rings. The molecule has 0 radical (unpaired) electrons. The molecular formula is C11H13Br2N. The van der Waals surface area contributed by atoms with E-state index in [0.29, 0.717) is 11.5 Å². The molecule has 1 aromatic rings. The standard InChI is InChI=1S/C11H12BrN.BrH/c12-9-3-1-2-8-7(9)4-5-11(8)6-10(11)13;/h1-3,10H,4-6,13H2;1H/t10-,11-;/m1./s1. The third-order valence-electron chi connectivity index (χ3n) is 3.61. The molecular weight excluding hydrogens is 306 g/mol. The van der Waals surface area contributed by atoms with Gasteiger partial charge in [0.05, 0.1) is 0 Å². The second-order valence-electron chi connectivity index (χ2n) is 4.23. The van der Waals surface area contributed by atoms with Gasteiger partial charge in [-0.15, -0.1) is 17.0 Å². The molecule has 2 aliphatic carbocycles.